The quantitative estimate of drug-likeness (QED) is 0.705. The fraction of sp³-hybridized carbons (Fsp3) is 0.364. The molecule has 1 aliphatic rings. The van der Waals surface area contributed by atoms with Gasteiger partial charge in [-0.1, -0.05) is 0 Å². The van der Waals surface area contributed by atoms with E-state index in [1.807, 2.05) is 18.2 Å². The number of fused-ring (bicyclic) bond motifs is 1. The van der Waals surface area contributed by atoms with Crippen LogP contribution in [0.2, 0.25) is 0 Å². The second-order valence-corrected chi connectivity index (χ2v) is 3.42. The number of anilines is 1. The van der Waals surface area contributed by atoms with E-state index in [1.54, 1.807) is 7.05 Å². The summed E-state index contributed by atoms with van der Waals surface area (Å²) in [5.41, 5.74) is 1.97. The smallest absolute Gasteiger partial charge is 0.413 e. The van der Waals surface area contributed by atoms with Crippen molar-refractivity contribution in [2.75, 3.05) is 25.7 Å². The SMILES string of the molecule is COC(=O)N(C)c1ccc2c(c1)CCO2. The van der Waals surface area contributed by atoms with Crippen LogP contribution in [-0.4, -0.2) is 26.9 Å². The molecule has 0 saturated heterocycles. The van der Waals surface area contributed by atoms with Crippen molar-refractivity contribution in [3.05, 3.63) is 23.8 Å². The molecule has 2 rings (SSSR count). The molecule has 0 aliphatic carbocycles. The molecule has 0 radical (unpaired) electrons. The maximum atomic E-state index is 11.3. The van der Waals surface area contributed by atoms with Crippen molar-refractivity contribution < 1.29 is 14.3 Å². The molecule has 0 spiro atoms. The predicted molar refractivity (Wildman–Crippen MR) is 56.4 cm³/mol. The Hall–Kier alpha value is -1.71. The van der Waals surface area contributed by atoms with Gasteiger partial charge >= 0.3 is 6.09 Å². The van der Waals surface area contributed by atoms with Gasteiger partial charge in [0.1, 0.15) is 5.75 Å². The number of ether oxygens (including phenoxy) is 2. The van der Waals surface area contributed by atoms with Crippen LogP contribution in [0.25, 0.3) is 0 Å². The Morgan fingerprint density at radius 2 is 2.33 bits per heavy atom. The lowest BCUT2D eigenvalue weighted by molar-refractivity contribution is 0.180. The number of methoxy groups -OCH3 is 1. The van der Waals surface area contributed by atoms with Gasteiger partial charge in [0.2, 0.25) is 0 Å². The van der Waals surface area contributed by atoms with Crippen molar-refractivity contribution in [1.29, 1.82) is 0 Å². The van der Waals surface area contributed by atoms with Crippen LogP contribution in [0.3, 0.4) is 0 Å². The first kappa shape index (κ1) is 9.83. The molecule has 0 atom stereocenters. The van der Waals surface area contributed by atoms with E-state index in [2.05, 4.69) is 4.74 Å². The predicted octanol–water partition coefficient (Wildman–Crippen LogP) is 1.82. The standard InChI is InChI=1S/C11H13NO3/c1-12(11(13)14-2)9-3-4-10-8(7-9)5-6-15-10/h3-4,7H,5-6H2,1-2H3. The third-order valence-electron chi connectivity index (χ3n) is 2.51. The van der Waals surface area contributed by atoms with Crippen LogP contribution in [0.5, 0.6) is 5.75 Å². The van der Waals surface area contributed by atoms with Crippen LogP contribution in [0.4, 0.5) is 10.5 Å². The van der Waals surface area contributed by atoms with E-state index in [0.29, 0.717) is 0 Å². The summed E-state index contributed by atoms with van der Waals surface area (Å²) in [6.07, 6.45) is 0.534. The van der Waals surface area contributed by atoms with Gasteiger partial charge in [-0.15, -0.1) is 0 Å². The maximum Gasteiger partial charge on any atom is 0.413 e. The van der Waals surface area contributed by atoms with Gasteiger partial charge < -0.3 is 9.47 Å². The molecule has 0 aromatic heterocycles. The molecule has 80 valence electrons. The van der Waals surface area contributed by atoms with Crippen molar-refractivity contribution in [1.82, 2.24) is 0 Å². The van der Waals surface area contributed by atoms with Crippen LogP contribution >= 0.6 is 0 Å². The van der Waals surface area contributed by atoms with E-state index in [1.165, 1.54) is 12.0 Å². The fourth-order valence-corrected chi connectivity index (χ4v) is 1.62. The molecule has 15 heavy (non-hydrogen) atoms. The topological polar surface area (TPSA) is 38.8 Å². The fourth-order valence-electron chi connectivity index (χ4n) is 1.62. The molecule has 0 saturated carbocycles. The third kappa shape index (κ3) is 1.75. The van der Waals surface area contributed by atoms with Crippen LogP contribution in [0.1, 0.15) is 5.56 Å². The highest BCUT2D eigenvalue weighted by molar-refractivity contribution is 5.87. The summed E-state index contributed by atoms with van der Waals surface area (Å²) >= 11 is 0. The van der Waals surface area contributed by atoms with Crippen LogP contribution in [0, 0.1) is 0 Å². The maximum absolute atomic E-state index is 11.3. The van der Waals surface area contributed by atoms with Gasteiger partial charge in [-0.25, -0.2) is 4.79 Å². The minimum atomic E-state index is -0.367. The normalized spacial score (nSPS) is 12.9. The van der Waals surface area contributed by atoms with Gasteiger partial charge in [0.15, 0.2) is 0 Å². The zero-order chi connectivity index (χ0) is 10.8. The monoisotopic (exact) mass is 207 g/mol. The van der Waals surface area contributed by atoms with E-state index >= 15 is 0 Å². The van der Waals surface area contributed by atoms with Gasteiger partial charge in [0.25, 0.3) is 0 Å². The molecule has 0 unspecified atom stereocenters. The van der Waals surface area contributed by atoms with Gasteiger partial charge in [-0.2, -0.15) is 0 Å². The molecule has 4 heteroatoms. The van der Waals surface area contributed by atoms with Crippen LogP contribution < -0.4 is 9.64 Å². The second-order valence-electron chi connectivity index (χ2n) is 3.42. The lowest BCUT2D eigenvalue weighted by Crippen LogP contribution is -2.25. The number of benzene rings is 1. The summed E-state index contributed by atoms with van der Waals surface area (Å²) in [6.45, 7) is 0.723. The highest BCUT2D eigenvalue weighted by Crippen LogP contribution is 2.29. The Labute approximate surface area is 88.4 Å². The van der Waals surface area contributed by atoms with E-state index < -0.39 is 0 Å². The minimum absolute atomic E-state index is 0.367. The minimum Gasteiger partial charge on any atom is -0.493 e. The molecule has 1 amide bonds. The largest absolute Gasteiger partial charge is 0.493 e. The first-order chi connectivity index (χ1) is 7.22. The average molecular weight is 207 g/mol. The Kier molecular flexibility index (Phi) is 2.49. The molecule has 1 heterocycles. The lowest BCUT2D eigenvalue weighted by atomic mass is 10.1. The summed E-state index contributed by atoms with van der Waals surface area (Å²) < 4.78 is 10.0. The summed E-state index contributed by atoms with van der Waals surface area (Å²) in [6, 6.07) is 5.69. The van der Waals surface area contributed by atoms with Crippen molar-refractivity contribution in [3.8, 4) is 5.75 Å². The van der Waals surface area contributed by atoms with E-state index in [9.17, 15) is 4.79 Å². The summed E-state index contributed by atoms with van der Waals surface area (Å²) in [7, 11) is 3.05. The van der Waals surface area contributed by atoms with E-state index in [0.717, 1.165) is 30.0 Å². The Morgan fingerprint density at radius 1 is 1.53 bits per heavy atom. The van der Waals surface area contributed by atoms with Crippen molar-refractivity contribution in [2.45, 2.75) is 6.42 Å². The molecule has 0 bridgehead atoms. The summed E-state index contributed by atoms with van der Waals surface area (Å²) in [5.74, 6) is 0.914. The summed E-state index contributed by atoms with van der Waals surface area (Å²) in [4.78, 5) is 12.8. The molecule has 4 nitrogen and oxygen atoms in total. The Balaban J connectivity index is 2.26. The average Bonchev–Trinajstić information content (AvgIpc) is 2.73. The van der Waals surface area contributed by atoms with Gasteiger partial charge in [-0.3, -0.25) is 4.90 Å². The first-order valence-corrected chi connectivity index (χ1v) is 4.80. The van der Waals surface area contributed by atoms with Crippen molar-refractivity contribution in [3.63, 3.8) is 0 Å². The van der Waals surface area contributed by atoms with Gasteiger partial charge in [0.05, 0.1) is 13.7 Å². The highest BCUT2D eigenvalue weighted by Gasteiger charge is 2.16. The van der Waals surface area contributed by atoms with Gasteiger partial charge in [-0.05, 0) is 23.8 Å². The number of rotatable bonds is 1. The van der Waals surface area contributed by atoms with Crippen LogP contribution in [0.15, 0.2) is 18.2 Å². The molecular formula is C11H13NO3. The number of carbonyl (C=O) groups excluding carboxylic acids is 1. The molecule has 1 aliphatic heterocycles. The molecule has 0 N–H and O–H groups in total. The Bertz CT molecular complexity index is 389. The van der Waals surface area contributed by atoms with Crippen molar-refractivity contribution in [2.24, 2.45) is 0 Å². The van der Waals surface area contributed by atoms with Crippen LogP contribution in [-0.2, 0) is 11.2 Å². The van der Waals surface area contributed by atoms with E-state index in [-0.39, 0.29) is 6.09 Å². The molecule has 1 aromatic rings. The molecule has 0 fully saturated rings. The number of hydrogen-bond acceptors (Lipinski definition) is 3. The van der Waals surface area contributed by atoms with Crippen molar-refractivity contribution >= 4 is 11.8 Å². The number of amides is 1. The number of hydrogen-bond donors (Lipinski definition) is 0. The summed E-state index contributed by atoms with van der Waals surface area (Å²) in [5, 5.41) is 0. The zero-order valence-electron chi connectivity index (χ0n) is 8.82. The Morgan fingerprint density at radius 3 is 3.07 bits per heavy atom. The first-order valence-electron chi connectivity index (χ1n) is 4.80. The highest BCUT2D eigenvalue weighted by atomic mass is 16.5. The number of carbonyl (C=O) groups is 1. The molecular weight excluding hydrogens is 194 g/mol. The van der Waals surface area contributed by atoms with E-state index in [4.69, 9.17) is 4.74 Å². The third-order valence-corrected chi connectivity index (χ3v) is 2.51. The lowest BCUT2D eigenvalue weighted by Gasteiger charge is -2.16. The zero-order valence-corrected chi connectivity index (χ0v) is 8.82. The second kappa shape index (κ2) is 3.81. The number of nitrogens with zero attached hydrogens (tertiary/aromatic N) is 1. The molecule has 1 aromatic carbocycles. The van der Waals surface area contributed by atoms with Gasteiger partial charge in [0, 0.05) is 19.2 Å².